The normalized spacial score (nSPS) is 16.8. The van der Waals surface area contributed by atoms with Gasteiger partial charge in [-0.05, 0) is 20.1 Å². The van der Waals surface area contributed by atoms with Crippen molar-refractivity contribution in [3.63, 3.8) is 0 Å². The van der Waals surface area contributed by atoms with Gasteiger partial charge in [-0.15, -0.1) is 0 Å². The van der Waals surface area contributed by atoms with E-state index in [4.69, 9.17) is 5.11 Å². The highest BCUT2D eigenvalue weighted by atomic mass is 32.2. The molecule has 0 aromatic rings. The fourth-order valence-corrected chi connectivity index (χ4v) is 1.30. The summed E-state index contributed by atoms with van der Waals surface area (Å²) in [4.78, 5) is 0. The van der Waals surface area contributed by atoms with E-state index in [0.717, 1.165) is 5.75 Å². The number of hydrogen-bond acceptors (Lipinski definition) is 3. The Bertz CT molecular complexity index is 78.0. The zero-order valence-corrected chi connectivity index (χ0v) is 7.74. The van der Waals surface area contributed by atoms with E-state index in [1.54, 1.807) is 6.92 Å². The molecule has 0 heterocycles. The lowest BCUT2D eigenvalue weighted by Gasteiger charge is -2.13. The molecule has 2 N–H and O–H groups in total. The van der Waals surface area contributed by atoms with Gasteiger partial charge < -0.3 is 10.4 Å². The van der Waals surface area contributed by atoms with Crippen LogP contribution in [0.3, 0.4) is 0 Å². The molecule has 62 valence electrons. The van der Waals surface area contributed by atoms with Gasteiger partial charge in [0, 0.05) is 18.3 Å². The van der Waals surface area contributed by atoms with Crippen LogP contribution in [0.15, 0.2) is 0 Å². The molecule has 0 aromatic heterocycles. The molecule has 1 unspecified atom stereocenters. The highest BCUT2D eigenvalue weighted by Crippen LogP contribution is 1.95. The van der Waals surface area contributed by atoms with E-state index >= 15 is 0 Å². The van der Waals surface area contributed by atoms with Crippen LogP contribution < -0.4 is 5.32 Å². The van der Waals surface area contributed by atoms with E-state index in [2.05, 4.69) is 18.5 Å². The van der Waals surface area contributed by atoms with Crippen molar-refractivity contribution < 1.29 is 5.11 Å². The molecule has 0 saturated carbocycles. The molecule has 0 amide bonds. The minimum Gasteiger partial charge on any atom is -0.392 e. The standard InChI is InChI=1S/C7H17NOS/c1-6(5-10-3)8-4-7(2)9/h6-9H,4-5H2,1-3H3/t6?,7-/m1/s1. The van der Waals surface area contributed by atoms with Crippen molar-refractivity contribution in [2.24, 2.45) is 0 Å². The molecule has 0 aliphatic carbocycles. The molecule has 0 aliphatic heterocycles. The molecule has 0 bridgehead atoms. The van der Waals surface area contributed by atoms with Gasteiger partial charge in [0.2, 0.25) is 0 Å². The topological polar surface area (TPSA) is 32.3 Å². The third-order valence-electron chi connectivity index (χ3n) is 1.18. The minimum atomic E-state index is -0.232. The van der Waals surface area contributed by atoms with Crippen molar-refractivity contribution in [1.29, 1.82) is 0 Å². The van der Waals surface area contributed by atoms with Gasteiger partial charge in [-0.2, -0.15) is 11.8 Å². The van der Waals surface area contributed by atoms with Gasteiger partial charge in [-0.25, -0.2) is 0 Å². The molecule has 10 heavy (non-hydrogen) atoms. The van der Waals surface area contributed by atoms with E-state index in [0.29, 0.717) is 12.6 Å². The Morgan fingerprint density at radius 2 is 2.10 bits per heavy atom. The summed E-state index contributed by atoms with van der Waals surface area (Å²) in [6.45, 7) is 4.61. The average Bonchev–Trinajstić information content (AvgIpc) is 1.85. The van der Waals surface area contributed by atoms with Crippen molar-refractivity contribution in [1.82, 2.24) is 5.32 Å². The number of hydrogen-bond donors (Lipinski definition) is 2. The Hall–Kier alpha value is 0.270. The molecule has 0 aliphatic rings. The van der Waals surface area contributed by atoms with Crippen LogP contribution in [-0.2, 0) is 0 Å². The number of nitrogens with one attached hydrogen (secondary N) is 1. The van der Waals surface area contributed by atoms with Crippen LogP contribution in [0.1, 0.15) is 13.8 Å². The summed E-state index contributed by atoms with van der Waals surface area (Å²) in [7, 11) is 0. The van der Waals surface area contributed by atoms with Crippen molar-refractivity contribution in [3.05, 3.63) is 0 Å². The summed E-state index contributed by atoms with van der Waals surface area (Å²) in [5, 5.41) is 12.1. The first kappa shape index (κ1) is 10.3. The first-order valence-corrected chi connectivity index (χ1v) is 4.96. The van der Waals surface area contributed by atoms with E-state index < -0.39 is 0 Å². The Morgan fingerprint density at radius 1 is 1.50 bits per heavy atom. The smallest absolute Gasteiger partial charge is 0.0636 e. The van der Waals surface area contributed by atoms with Gasteiger partial charge in [0.1, 0.15) is 0 Å². The Morgan fingerprint density at radius 3 is 2.50 bits per heavy atom. The fourth-order valence-electron chi connectivity index (χ4n) is 0.681. The van der Waals surface area contributed by atoms with Crippen LogP contribution in [0.5, 0.6) is 0 Å². The maximum Gasteiger partial charge on any atom is 0.0636 e. The molecular weight excluding hydrogens is 146 g/mol. The average molecular weight is 163 g/mol. The largest absolute Gasteiger partial charge is 0.392 e. The van der Waals surface area contributed by atoms with Gasteiger partial charge in [0.05, 0.1) is 6.10 Å². The molecule has 2 atom stereocenters. The van der Waals surface area contributed by atoms with Crippen LogP contribution in [0.25, 0.3) is 0 Å². The second kappa shape index (κ2) is 6.01. The molecule has 0 saturated heterocycles. The lowest BCUT2D eigenvalue weighted by atomic mass is 10.3. The summed E-state index contributed by atoms with van der Waals surface area (Å²) in [5.74, 6) is 1.10. The highest BCUT2D eigenvalue weighted by Gasteiger charge is 2.00. The zero-order valence-electron chi connectivity index (χ0n) is 6.92. The maximum absolute atomic E-state index is 8.90. The lowest BCUT2D eigenvalue weighted by molar-refractivity contribution is 0.188. The molecule has 0 fully saturated rings. The molecule has 0 aromatic carbocycles. The highest BCUT2D eigenvalue weighted by molar-refractivity contribution is 7.98. The van der Waals surface area contributed by atoms with Crippen molar-refractivity contribution in [3.8, 4) is 0 Å². The van der Waals surface area contributed by atoms with Gasteiger partial charge >= 0.3 is 0 Å². The second-order valence-electron chi connectivity index (χ2n) is 2.61. The van der Waals surface area contributed by atoms with Gasteiger partial charge in [-0.3, -0.25) is 0 Å². The van der Waals surface area contributed by atoms with Crippen LogP contribution in [0.2, 0.25) is 0 Å². The van der Waals surface area contributed by atoms with Crippen LogP contribution >= 0.6 is 11.8 Å². The van der Waals surface area contributed by atoms with Crippen molar-refractivity contribution in [2.75, 3.05) is 18.6 Å². The summed E-state index contributed by atoms with van der Waals surface area (Å²) >= 11 is 1.82. The Balaban J connectivity index is 3.12. The summed E-state index contributed by atoms with van der Waals surface area (Å²) in [6.07, 6.45) is 1.85. The predicted molar refractivity (Wildman–Crippen MR) is 47.5 cm³/mol. The third-order valence-corrected chi connectivity index (χ3v) is 2.01. The van der Waals surface area contributed by atoms with E-state index in [9.17, 15) is 0 Å². The van der Waals surface area contributed by atoms with E-state index in [1.807, 2.05) is 11.8 Å². The van der Waals surface area contributed by atoms with Crippen molar-refractivity contribution in [2.45, 2.75) is 26.0 Å². The molecule has 3 heteroatoms. The summed E-state index contributed by atoms with van der Waals surface area (Å²) < 4.78 is 0. The summed E-state index contributed by atoms with van der Waals surface area (Å²) in [6, 6.07) is 0.504. The lowest BCUT2D eigenvalue weighted by Crippen LogP contribution is -2.33. The van der Waals surface area contributed by atoms with Gasteiger partial charge in [0.25, 0.3) is 0 Å². The maximum atomic E-state index is 8.90. The Kier molecular flexibility index (Phi) is 6.17. The fraction of sp³-hybridized carbons (Fsp3) is 1.00. The Labute approximate surface area is 67.4 Å². The molecular formula is C7H17NOS. The summed E-state index contributed by atoms with van der Waals surface area (Å²) in [5.41, 5.74) is 0. The third kappa shape index (κ3) is 6.39. The van der Waals surface area contributed by atoms with Crippen molar-refractivity contribution >= 4 is 11.8 Å². The van der Waals surface area contributed by atoms with Gasteiger partial charge in [0.15, 0.2) is 0 Å². The predicted octanol–water partition coefficient (Wildman–Crippen LogP) is 0.708. The molecule has 0 radical (unpaired) electrons. The first-order valence-electron chi connectivity index (χ1n) is 3.57. The van der Waals surface area contributed by atoms with Crippen LogP contribution in [0, 0.1) is 0 Å². The minimum absolute atomic E-state index is 0.232. The number of rotatable bonds is 5. The zero-order chi connectivity index (χ0) is 7.98. The van der Waals surface area contributed by atoms with E-state index in [1.165, 1.54) is 0 Å². The first-order chi connectivity index (χ1) is 4.66. The SMILES string of the molecule is CSCC(C)NC[C@@H](C)O. The molecule has 0 rings (SSSR count). The quantitative estimate of drug-likeness (QED) is 0.626. The second-order valence-corrected chi connectivity index (χ2v) is 3.52. The molecule has 2 nitrogen and oxygen atoms in total. The number of aliphatic hydroxyl groups is 1. The van der Waals surface area contributed by atoms with Crippen LogP contribution in [-0.4, -0.2) is 35.8 Å². The number of thioether (sulfide) groups is 1. The molecule has 0 spiro atoms. The van der Waals surface area contributed by atoms with E-state index in [-0.39, 0.29) is 6.10 Å². The van der Waals surface area contributed by atoms with Gasteiger partial charge in [-0.1, -0.05) is 0 Å². The number of aliphatic hydroxyl groups excluding tert-OH is 1. The monoisotopic (exact) mass is 163 g/mol. The van der Waals surface area contributed by atoms with Crippen LogP contribution in [0.4, 0.5) is 0 Å².